The SMILES string of the molecule is CC(C)(CCCc1ccc(N)c(F)c1)C(=O)O. The van der Waals surface area contributed by atoms with Crippen LogP contribution in [0.3, 0.4) is 0 Å². The zero-order valence-corrected chi connectivity index (χ0v) is 10.2. The van der Waals surface area contributed by atoms with Gasteiger partial charge in [-0.05, 0) is 50.8 Å². The molecule has 0 radical (unpaired) electrons. The fraction of sp³-hybridized carbons (Fsp3) is 0.462. The number of hydrogen-bond donors (Lipinski definition) is 2. The number of hydrogen-bond acceptors (Lipinski definition) is 2. The van der Waals surface area contributed by atoms with Gasteiger partial charge in [-0.25, -0.2) is 4.39 Å². The van der Waals surface area contributed by atoms with E-state index in [0.29, 0.717) is 19.3 Å². The number of nitrogens with two attached hydrogens (primary N) is 1. The molecule has 0 aliphatic carbocycles. The number of aryl methyl sites for hydroxylation is 1. The van der Waals surface area contributed by atoms with Gasteiger partial charge in [-0.15, -0.1) is 0 Å². The molecule has 0 aliphatic heterocycles. The molecule has 0 unspecified atom stereocenters. The van der Waals surface area contributed by atoms with Gasteiger partial charge in [0.1, 0.15) is 5.82 Å². The van der Waals surface area contributed by atoms with Crippen LogP contribution >= 0.6 is 0 Å². The van der Waals surface area contributed by atoms with Crippen molar-refractivity contribution in [3.8, 4) is 0 Å². The van der Waals surface area contributed by atoms with Gasteiger partial charge in [0, 0.05) is 0 Å². The third-order valence-electron chi connectivity index (χ3n) is 2.91. The Kier molecular flexibility index (Phi) is 4.10. The molecule has 0 saturated heterocycles. The Morgan fingerprint density at radius 2 is 2.12 bits per heavy atom. The first kappa shape index (κ1) is 13.5. The molecule has 3 N–H and O–H groups in total. The summed E-state index contributed by atoms with van der Waals surface area (Å²) in [4.78, 5) is 10.9. The summed E-state index contributed by atoms with van der Waals surface area (Å²) in [5.41, 5.74) is 5.63. The number of halogens is 1. The lowest BCUT2D eigenvalue weighted by Crippen LogP contribution is -2.23. The second-order valence-corrected chi connectivity index (χ2v) is 4.90. The Bertz CT molecular complexity index is 416. The van der Waals surface area contributed by atoms with Crippen LogP contribution < -0.4 is 5.73 Å². The largest absolute Gasteiger partial charge is 0.481 e. The Labute approximate surface area is 100 Å². The minimum Gasteiger partial charge on any atom is -0.481 e. The van der Waals surface area contributed by atoms with Gasteiger partial charge in [0.2, 0.25) is 0 Å². The van der Waals surface area contributed by atoms with Crippen molar-refractivity contribution in [2.24, 2.45) is 5.41 Å². The summed E-state index contributed by atoms with van der Waals surface area (Å²) >= 11 is 0. The van der Waals surface area contributed by atoms with E-state index in [1.165, 1.54) is 12.1 Å². The molecule has 0 atom stereocenters. The number of carboxylic acids is 1. The highest BCUT2D eigenvalue weighted by Crippen LogP contribution is 2.24. The average molecular weight is 239 g/mol. The van der Waals surface area contributed by atoms with E-state index >= 15 is 0 Å². The summed E-state index contributed by atoms with van der Waals surface area (Å²) < 4.78 is 13.1. The van der Waals surface area contributed by atoms with Crippen molar-refractivity contribution >= 4 is 11.7 Å². The van der Waals surface area contributed by atoms with Crippen molar-refractivity contribution < 1.29 is 14.3 Å². The van der Waals surface area contributed by atoms with Gasteiger partial charge in [-0.2, -0.15) is 0 Å². The lowest BCUT2D eigenvalue weighted by Gasteiger charge is -2.18. The van der Waals surface area contributed by atoms with Gasteiger partial charge >= 0.3 is 5.97 Å². The van der Waals surface area contributed by atoms with Gasteiger partial charge in [0.05, 0.1) is 11.1 Å². The number of benzene rings is 1. The Hall–Kier alpha value is -1.58. The van der Waals surface area contributed by atoms with Gasteiger partial charge < -0.3 is 10.8 Å². The highest BCUT2D eigenvalue weighted by molar-refractivity contribution is 5.73. The number of anilines is 1. The van der Waals surface area contributed by atoms with Crippen LogP contribution in [0.5, 0.6) is 0 Å². The number of rotatable bonds is 5. The van der Waals surface area contributed by atoms with Crippen LogP contribution in [0.1, 0.15) is 32.3 Å². The molecule has 3 nitrogen and oxygen atoms in total. The zero-order valence-electron chi connectivity index (χ0n) is 10.2. The van der Waals surface area contributed by atoms with Gasteiger partial charge in [-0.1, -0.05) is 6.07 Å². The Morgan fingerprint density at radius 1 is 1.47 bits per heavy atom. The van der Waals surface area contributed by atoms with Crippen LogP contribution in [0.25, 0.3) is 0 Å². The van der Waals surface area contributed by atoms with Crippen molar-refractivity contribution in [2.45, 2.75) is 33.1 Å². The minimum atomic E-state index is -0.805. The summed E-state index contributed by atoms with van der Waals surface area (Å²) in [5, 5.41) is 8.94. The van der Waals surface area contributed by atoms with Crippen LogP contribution in [-0.2, 0) is 11.2 Å². The highest BCUT2D eigenvalue weighted by atomic mass is 19.1. The lowest BCUT2D eigenvalue weighted by atomic mass is 9.87. The molecule has 0 aromatic heterocycles. The van der Waals surface area contributed by atoms with Gasteiger partial charge in [-0.3, -0.25) is 4.79 Å². The number of carboxylic acid groups (broad SMARTS) is 1. The summed E-state index contributed by atoms with van der Waals surface area (Å²) in [6.45, 7) is 3.39. The molecule has 0 aliphatic rings. The van der Waals surface area contributed by atoms with Crippen molar-refractivity contribution in [1.82, 2.24) is 0 Å². The van der Waals surface area contributed by atoms with Crippen LogP contribution in [0.4, 0.5) is 10.1 Å². The van der Waals surface area contributed by atoms with Crippen LogP contribution in [0.2, 0.25) is 0 Å². The van der Waals surface area contributed by atoms with E-state index in [1.807, 2.05) is 0 Å². The molecule has 0 spiro atoms. The standard InChI is InChI=1S/C13H18FNO2/c1-13(2,12(16)17)7-3-4-9-5-6-11(15)10(14)8-9/h5-6,8H,3-4,7,15H2,1-2H3,(H,16,17). The number of nitrogen functional groups attached to an aromatic ring is 1. The van der Waals surface area contributed by atoms with E-state index in [2.05, 4.69) is 0 Å². The second-order valence-electron chi connectivity index (χ2n) is 4.90. The fourth-order valence-corrected chi connectivity index (χ4v) is 1.57. The number of aliphatic carboxylic acids is 1. The Morgan fingerprint density at radius 3 is 2.65 bits per heavy atom. The molecule has 1 aromatic carbocycles. The van der Waals surface area contributed by atoms with Gasteiger partial charge in [0.25, 0.3) is 0 Å². The van der Waals surface area contributed by atoms with Crippen molar-refractivity contribution in [3.05, 3.63) is 29.6 Å². The van der Waals surface area contributed by atoms with Crippen molar-refractivity contribution in [3.63, 3.8) is 0 Å². The summed E-state index contributed by atoms with van der Waals surface area (Å²) in [6, 6.07) is 4.71. The fourth-order valence-electron chi connectivity index (χ4n) is 1.57. The van der Waals surface area contributed by atoms with E-state index in [9.17, 15) is 9.18 Å². The molecule has 0 amide bonds. The Balaban J connectivity index is 2.51. The average Bonchev–Trinajstić information content (AvgIpc) is 2.23. The highest BCUT2D eigenvalue weighted by Gasteiger charge is 2.26. The third-order valence-corrected chi connectivity index (χ3v) is 2.91. The first-order valence-corrected chi connectivity index (χ1v) is 5.60. The summed E-state index contributed by atoms with van der Waals surface area (Å²) in [5.74, 6) is -1.22. The molecule has 0 fully saturated rings. The van der Waals surface area contributed by atoms with Crippen LogP contribution in [0.15, 0.2) is 18.2 Å². The monoisotopic (exact) mass is 239 g/mol. The summed E-state index contributed by atoms with van der Waals surface area (Å²) in [6.07, 6.45) is 1.94. The van der Waals surface area contributed by atoms with Gasteiger partial charge in [0.15, 0.2) is 0 Å². The predicted octanol–water partition coefficient (Wildman–Crippen LogP) is 2.84. The first-order valence-electron chi connectivity index (χ1n) is 5.60. The minimum absolute atomic E-state index is 0.139. The van der Waals surface area contributed by atoms with Crippen molar-refractivity contribution in [1.29, 1.82) is 0 Å². The molecule has 17 heavy (non-hydrogen) atoms. The maximum atomic E-state index is 13.1. The van der Waals surface area contributed by atoms with E-state index in [0.717, 1.165) is 5.56 Å². The maximum Gasteiger partial charge on any atom is 0.309 e. The second kappa shape index (κ2) is 5.17. The molecule has 0 heterocycles. The molecule has 94 valence electrons. The van der Waals surface area contributed by atoms with Crippen LogP contribution in [0, 0.1) is 11.2 Å². The van der Waals surface area contributed by atoms with E-state index < -0.39 is 17.2 Å². The molecule has 1 rings (SSSR count). The smallest absolute Gasteiger partial charge is 0.309 e. The van der Waals surface area contributed by atoms with Crippen molar-refractivity contribution in [2.75, 3.05) is 5.73 Å². The quantitative estimate of drug-likeness (QED) is 0.776. The molecule has 0 saturated carbocycles. The normalized spacial score (nSPS) is 11.5. The number of carbonyl (C=O) groups is 1. The summed E-state index contributed by atoms with van der Waals surface area (Å²) in [7, 11) is 0. The van der Waals surface area contributed by atoms with E-state index in [-0.39, 0.29) is 5.69 Å². The first-order chi connectivity index (χ1) is 7.83. The third kappa shape index (κ3) is 3.73. The predicted molar refractivity (Wildman–Crippen MR) is 65.2 cm³/mol. The zero-order chi connectivity index (χ0) is 13.1. The maximum absolute atomic E-state index is 13.1. The molecule has 1 aromatic rings. The molecule has 0 bridgehead atoms. The molecule has 4 heteroatoms. The molecular weight excluding hydrogens is 221 g/mol. The topological polar surface area (TPSA) is 63.3 Å². The van der Waals surface area contributed by atoms with Crippen LogP contribution in [-0.4, -0.2) is 11.1 Å². The lowest BCUT2D eigenvalue weighted by molar-refractivity contribution is -0.147. The van der Waals surface area contributed by atoms with E-state index in [4.69, 9.17) is 10.8 Å². The van der Waals surface area contributed by atoms with E-state index in [1.54, 1.807) is 19.9 Å². The molecular formula is C13H18FNO2.